The van der Waals surface area contributed by atoms with Crippen molar-refractivity contribution < 1.29 is 9.59 Å². The summed E-state index contributed by atoms with van der Waals surface area (Å²) in [6.07, 6.45) is 1.50. The number of amides is 2. The molecule has 0 radical (unpaired) electrons. The molecule has 57 heavy (non-hydrogen) atoms. The third-order valence-corrected chi connectivity index (χ3v) is 9.16. The molecule has 0 aliphatic heterocycles. The minimum Gasteiger partial charge on any atom is -0.398 e. The summed E-state index contributed by atoms with van der Waals surface area (Å²) in [5.74, 6) is 0.130. The molecule has 0 unspecified atom stereocenters. The Balaban J connectivity index is 0.000000261. The number of benzene rings is 4. The molecule has 2 heterocycles. The third kappa shape index (κ3) is 10.8. The molecule has 6 aromatic rings. The van der Waals surface area contributed by atoms with Crippen LogP contribution in [0, 0.1) is 43.4 Å². The molecule has 0 spiro atoms. The Labute approximate surface area is 335 Å². The summed E-state index contributed by atoms with van der Waals surface area (Å²) in [5.41, 5.74) is 14.1. The van der Waals surface area contributed by atoms with E-state index in [1.165, 1.54) is 6.33 Å². The fourth-order valence-corrected chi connectivity index (χ4v) is 5.44. The Bertz CT molecular complexity index is 2490. The largest absolute Gasteiger partial charge is 0.398 e. The van der Waals surface area contributed by atoms with Gasteiger partial charge in [0.15, 0.2) is 5.82 Å². The van der Waals surface area contributed by atoms with Gasteiger partial charge < -0.3 is 21.7 Å². The molecule has 0 saturated heterocycles. The van der Waals surface area contributed by atoms with Crippen LogP contribution in [0.1, 0.15) is 90.2 Å². The maximum Gasteiger partial charge on any atom is 0.255 e. The number of nitrogens with one attached hydrogen (secondary N) is 3. The maximum atomic E-state index is 12.9. The van der Waals surface area contributed by atoms with Crippen LogP contribution < -0.4 is 21.7 Å². The minimum atomic E-state index is -0.677. The van der Waals surface area contributed by atoms with Gasteiger partial charge in [0.1, 0.15) is 11.8 Å². The molecule has 2 amide bonds. The summed E-state index contributed by atoms with van der Waals surface area (Å²) in [6.45, 7) is 17.1. The number of pyridine rings is 1. The standard InChI is InChI=1S/C26H24N6O.C18H19N3O.C2H6/c1-16-8-10-20(31-25(33)18-6-5-7-19(12-18)26(3,4)14-27)13-22(16)32-24-23-21(28-15-29-24)11-9-17(2)30-23;1-12-7-8-15(10-16(12)20)21-17(22)13-5-4-6-14(9-13)18(2,3)11-19;1-2/h5-13,15H,1-4H3,(H,31,33)(H,28,29,32);4-10H,20H2,1-3H3,(H,21,22);1-2H3. The highest BCUT2D eigenvalue weighted by molar-refractivity contribution is 6.05. The van der Waals surface area contributed by atoms with E-state index in [0.717, 1.165) is 39.2 Å². The first-order valence-corrected chi connectivity index (χ1v) is 18.6. The second-order valence-electron chi connectivity index (χ2n) is 14.3. The molecule has 11 nitrogen and oxygen atoms in total. The summed E-state index contributed by atoms with van der Waals surface area (Å²) in [7, 11) is 0. The number of aromatic nitrogens is 3. The van der Waals surface area contributed by atoms with E-state index in [9.17, 15) is 20.1 Å². The Morgan fingerprint density at radius 3 is 1.72 bits per heavy atom. The van der Waals surface area contributed by atoms with Crippen LogP contribution in [0.4, 0.5) is 28.6 Å². The van der Waals surface area contributed by atoms with E-state index in [2.05, 4.69) is 43.0 Å². The lowest BCUT2D eigenvalue weighted by Crippen LogP contribution is -2.17. The molecule has 2 aromatic heterocycles. The van der Waals surface area contributed by atoms with Crippen molar-refractivity contribution in [3.8, 4) is 12.1 Å². The predicted octanol–water partition coefficient (Wildman–Crippen LogP) is 10.1. The average molecular weight is 760 g/mol. The van der Waals surface area contributed by atoms with Gasteiger partial charge in [-0.25, -0.2) is 15.0 Å². The van der Waals surface area contributed by atoms with E-state index in [0.29, 0.717) is 39.5 Å². The van der Waals surface area contributed by atoms with Gasteiger partial charge in [-0.05, 0) is 131 Å². The minimum absolute atomic E-state index is 0.223. The van der Waals surface area contributed by atoms with E-state index in [1.807, 2.05) is 117 Å². The predicted molar refractivity (Wildman–Crippen MR) is 230 cm³/mol. The molecule has 0 saturated carbocycles. The van der Waals surface area contributed by atoms with Gasteiger partial charge in [-0.2, -0.15) is 10.5 Å². The van der Waals surface area contributed by atoms with Gasteiger partial charge in [-0.3, -0.25) is 9.59 Å². The van der Waals surface area contributed by atoms with E-state index in [4.69, 9.17) is 5.73 Å². The van der Waals surface area contributed by atoms with Gasteiger partial charge in [-0.15, -0.1) is 0 Å². The summed E-state index contributed by atoms with van der Waals surface area (Å²) in [4.78, 5) is 38.5. The molecule has 0 fully saturated rings. The number of fused-ring (bicyclic) bond motifs is 1. The smallest absolute Gasteiger partial charge is 0.255 e. The van der Waals surface area contributed by atoms with Crippen LogP contribution in [0.2, 0.25) is 0 Å². The fraction of sp³-hybridized carbons (Fsp3) is 0.239. The second kappa shape index (κ2) is 18.5. The van der Waals surface area contributed by atoms with Crippen molar-refractivity contribution in [1.82, 2.24) is 15.0 Å². The Morgan fingerprint density at radius 2 is 1.19 bits per heavy atom. The zero-order valence-corrected chi connectivity index (χ0v) is 33.9. The van der Waals surface area contributed by atoms with Gasteiger partial charge in [0.2, 0.25) is 0 Å². The van der Waals surface area contributed by atoms with Crippen molar-refractivity contribution in [2.75, 3.05) is 21.7 Å². The maximum absolute atomic E-state index is 12.9. The number of aryl methyl sites for hydroxylation is 3. The van der Waals surface area contributed by atoms with Crippen LogP contribution in [-0.2, 0) is 10.8 Å². The number of nitrogens with zero attached hydrogens (tertiary/aromatic N) is 5. The normalized spacial score (nSPS) is 10.7. The zero-order valence-electron chi connectivity index (χ0n) is 33.9. The molecule has 5 N–H and O–H groups in total. The number of hydrogen-bond acceptors (Lipinski definition) is 9. The molecule has 0 aliphatic carbocycles. The highest BCUT2D eigenvalue weighted by Gasteiger charge is 2.22. The van der Waals surface area contributed by atoms with Gasteiger partial charge >= 0.3 is 0 Å². The average Bonchev–Trinajstić information content (AvgIpc) is 3.21. The van der Waals surface area contributed by atoms with Crippen molar-refractivity contribution in [3.63, 3.8) is 0 Å². The SMILES string of the molecule is CC.Cc1ccc(NC(=O)c2cccc(C(C)(C)C#N)c2)cc1N.Cc1ccc2ncnc(Nc3cc(NC(=O)c4cccc(C(C)(C)C#N)c4)ccc3C)c2n1. The Hall–Kier alpha value is -7.11. The molecule has 290 valence electrons. The quantitative estimate of drug-likeness (QED) is 0.110. The molecule has 0 aliphatic rings. The summed E-state index contributed by atoms with van der Waals surface area (Å²) in [6, 6.07) is 33.6. The number of nitriles is 2. The summed E-state index contributed by atoms with van der Waals surface area (Å²) < 4.78 is 0. The lowest BCUT2D eigenvalue weighted by atomic mass is 9.85. The first-order chi connectivity index (χ1) is 27.1. The number of nitrogen functional groups attached to an aromatic ring is 1. The third-order valence-electron chi connectivity index (χ3n) is 9.16. The molecular weight excluding hydrogens is 711 g/mol. The first-order valence-electron chi connectivity index (χ1n) is 18.6. The molecular formula is C46H49N9O2. The van der Waals surface area contributed by atoms with E-state index in [-0.39, 0.29) is 11.8 Å². The van der Waals surface area contributed by atoms with Gasteiger partial charge in [0, 0.05) is 39.6 Å². The molecule has 11 heteroatoms. The first kappa shape index (κ1) is 42.6. The van der Waals surface area contributed by atoms with Crippen molar-refractivity contribution in [2.24, 2.45) is 0 Å². The van der Waals surface area contributed by atoms with E-state index in [1.54, 1.807) is 42.5 Å². The van der Waals surface area contributed by atoms with Crippen molar-refractivity contribution in [2.45, 2.75) is 73.1 Å². The lowest BCUT2D eigenvalue weighted by Gasteiger charge is -2.17. The molecule has 0 atom stereocenters. The molecule has 4 aromatic carbocycles. The molecule has 6 rings (SSSR count). The number of nitrogens with two attached hydrogens (primary N) is 1. The van der Waals surface area contributed by atoms with Crippen LogP contribution in [-0.4, -0.2) is 26.8 Å². The van der Waals surface area contributed by atoms with Crippen LogP contribution >= 0.6 is 0 Å². The number of anilines is 5. The summed E-state index contributed by atoms with van der Waals surface area (Å²) in [5, 5.41) is 27.7. The van der Waals surface area contributed by atoms with Crippen molar-refractivity contribution >= 4 is 51.4 Å². The molecule has 0 bridgehead atoms. The highest BCUT2D eigenvalue weighted by Crippen LogP contribution is 2.28. The van der Waals surface area contributed by atoms with Crippen LogP contribution in [0.5, 0.6) is 0 Å². The van der Waals surface area contributed by atoms with E-state index >= 15 is 0 Å². The topological polar surface area (TPSA) is 182 Å². The number of hydrogen-bond donors (Lipinski definition) is 4. The van der Waals surface area contributed by atoms with Gasteiger partial charge in [0.05, 0.1) is 28.5 Å². The van der Waals surface area contributed by atoms with Crippen molar-refractivity contribution in [1.29, 1.82) is 10.5 Å². The lowest BCUT2D eigenvalue weighted by molar-refractivity contribution is 0.101. The van der Waals surface area contributed by atoms with Gasteiger partial charge in [0.25, 0.3) is 11.8 Å². The van der Waals surface area contributed by atoms with Crippen LogP contribution in [0.3, 0.4) is 0 Å². The Kier molecular flexibility index (Phi) is 13.8. The monoisotopic (exact) mass is 759 g/mol. The second-order valence-corrected chi connectivity index (χ2v) is 14.3. The van der Waals surface area contributed by atoms with Gasteiger partial charge in [-0.1, -0.05) is 50.2 Å². The summed E-state index contributed by atoms with van der Waals surface area (Å²) >= 11 is 0. The zero-order chi connectivity index (χ0) is 41.9. The van der Waals surface area contributed by atoms with Crippen molar-refractivity contribution in [3.05, 3.63) is 142 Å². The van der Waals surface area contributed by atoms with Crippen LogP contribution in [0.25, 0.3) is 11.0 Å². The highest BCUT2D eigenvalue weighted by atomic mass is 16.2. The number of carbonyl (C=O) groups excluding carboxylic acids is 2. The number of carbonyl (C=O) groups is 2. The Morgan fingerprint density at radius 1 is 0.667 bits per heavy atom. The van der Waals surface area contributed by atoms with Crippen LogP contribution in [0.15, 0.2) is 103 Å². The van der Waals surface area contributed by atoms with E-state index < -0.39 is 10.8 Å². The number of rotatable bonds is 8. The fourth-order valence-electron chi connectivity index (χ4n) is 5.44.